The predicted octanol–water partition coefficient (Wildman–Crippen LogP) is 1.31. The van der Waals surface area contributed by atoms with Gasteiger partial charge in [0.1, 0.15) is 0 Å². The third-order valence-corrected chi connectivity index (χ3v) is 5.90. The second-order valence-corrected chi connectivity index (χ2v) is 7.95. The van der Waals surface area contributed by atoms with Gasteiger partial charge in [-0.15, -0.1) is 0 Å². The quantitative estimate of drug-likeness (QED) is 0.755. The number of phenolic OH excluding ortho intramolecular Hbond substituents is 2. The van der Waals surface area contributed by atoms with E-state index in [0.29, 0.717) is 37.2 Å². The molecule has 1 aromatic carbocycles. The summed E-state index contributed by atoms with van der Waals surface area (Å²) in [5.41, 5.74) is 1.54. The minimum absolute atomic E-state index is 0.104. The molecule has 2 aliphatic rings. The van der Waals surface area contributed by atoms with Crippen molar-refractivity contribution < 1.29 is 19.8 Å². The van der Waals surface area contributed by atoms with Crippen LogP contribution in [0.5, 0.6) is 11.5 Å². The summed E-state index contributed by atoms with van der Waals surface area (Å²) in [6.07, 6.45) is 3.10. The van der Waals surface area contributed by atoms with E-state index in [9.17, 15) is 19.8 Å². The van der Waals surface area contributed by atoms with Gasteiger partial charge in [0.2, 0.25) is 5.91 Å². The van der Waals surface area contributed by atoms with Gasteiger partial charge >= 0.3 is 6.03 Å². The Morgan fingerprint density at radius 2 is 1.83 bits per heavy atom. The molecule has 0 saturated carbocycles. The van der Waals surface area contributed by atoms with E-state index in [2.05, 4.69) is 10.00 Å². The van der Waals surface area contributed by atoms with E-state index in [1.807, 2.05) is 11.0 Å². The first-order valence-corrected chi connectivity index (χ1v) is 9.63. The zero-order valence-corrected chi connectivity index (χ0v) is 16.5. The molecule has 2 atom stereocenters. The fourth-order valence-corrected chi connectivity index (χ4v) is 4.22. The first kappa shape index (κ1) is 19.3. The Morgan fingerprint density at radius 1 is 1.14 bits per heavy atom. The van der Waals surface area contributed by atoms with Crippen molar-refractivity contribution in [3.63, 3.8) is 0 Å². The van der Waals surface area contributed by atoms with Gasteiger partial charge in [0.15, 0.2) is 11.5 Å². The van der Waals surface area contributed by atoms with Gasteiger partial charge in [-0.25, -0.2) is 4.79 Å². The number of hydrogen-bond acceptors (Lipinski definition) is 6. The third kappa shape index (κ3) is 3.77. The number of phenols is 2. The standard InChI is InChI=1S/C20H25N5O4/c1-13(26)22(2)17-6-21-25(12-17)20(29)24-10-15-8-23(9-16(15)11-24)7-14-3-4-18(27)19(28)5-14/h3-6,12,15-16,27-28H,7-11H2,1-2H3. The number of carbonyl (C=O) groups is 2. The Bertz CT molecular complexity index is 929. The van der Waals surface area contributed by atoms with Crippen molar-refractivity contribution in [3.8, 4) is 11.5 Å². The molecule has 2 unspecified atom stereocenters. The number of anilines is 1. The van der Waals surface area contributed by atoms with E-state index in [-0.39, 0.29) is 23.4 Å². The SMILES string of the molecule is CC(=O)N(C)c1cnn(C(=O)N2CC3CN(Cc4ccc(O)c(O)c4)CC3C2)c1. The van der Waals surface area contributed by atoms with Crippen LogP contribution >= 0.6 is 0 Å². The largest absolute Gasteiger partial charge is 0.504 e. The first-order valence-electron chi connectivity index (χ1n) is 9.63. The van der Waals surface area contributed by atoms with Crippen LogP contribution in [0.3, 0.4) is 0 Å². The number of nitrogens with zero attached hydrogens (tertiary/aromatic N) is 5. The molecular weight excluding hydrogens is 374 g/mol. The van der Waals surface area contributed by atoms with Gasteiger partial charge in [0.25, 0.3) is 0 Å². The molecule has 154 valence electrons. The third-order valence-electron chi connectivity index (χ3n) is 5.90. The van der Waals surface area contributed by atoms with Crippen LogP contribution in [0.25, 0.3) is 0 Å². The van der Waals surface area contributed by atoms with Crippen LogP contribution in [-0.2, 0) is 11.3 Å². The van der Waals surface area contributed by atoms with Crippen molar-refractivity contribution in [1.29, 1.82) is 0 Å². The molecule has 29 heavy (non-hydrogen) atoms. The zero-order chi connectivity index (χ0) is 20.7. The van der Waals surface area contributed by atoms with Crippen molar-refractivity contribution in [2.45, 2.75) is 13.5 Å². The molecule has 0 radical (unpaired) electrons. The predicted molar refractivity (Wildman–Crippen MR) is 106 cm³/mol. The summed E-state index contributed by atoms with van der Waals surface area (Å²) >= 11 is 0. The lowest BCUT2D eigenvalue weighted by molar-refractivity contribution is -0.116. The molecule has 0 bridgehead atoms. The van der Waals surface area contributed by atoms with Crippen molar-refractivity contribution in [2.75, 3.05) is 38.1 Å². The maximum Gasteiger partial charge on any atom is 0.344 e. The van der Waals surface area contributed by atoms with Gasteiger partial charge < -0.3 is 20.0 Å². The highest BCUT2D eigenvalue weighted by atomic mass is 16.3. The summed E-state index contributed by atoms with van der Waals surface area (Å²) in [5.74, 6) is 0.471. The van der Waals surface area contributed by atoms with E-state index in [4.69, 9.17) is 0 Å². The molecule has 9 nitrogen and oxygen atoms in total. The summed E-state index contributed by atoms with van der Waals surface area (Å²) < 4.78 is 1.30. The fraction of sp³-hybridized carbons (Fsp3) is 0.450. The minimum atomic E-state index is -0.169. The van der Waals surface area contributed by atoms with E-state index in [1.54, 1.807) is 19.3 Å². The molecule has 3 heterocycles. The Morgan fingerprint density at radius 3 is 2.45 bits per heavy atom. The van der Waals surface area contributed by atoms with Gasteiger partial charge in [-0.1, -0.05) is 6.07 Å². The van der Waals surface area contributed by atoms with Crippen molar-refractivity contribution in [1.82, 2.24) is 19.6 Å². The van der Waals surface area contributed by atoms with Gasteiger partial charge in [-0.3, -0.25) is 9.69 Å². The van der Waals surface area contributed by atoms with Crippen LogP contribution in [0.1, 0.15) is 12.5 Å². The summed E-state index contributed by atoms with van der Waals surface area (Å²) in [5, 5.41) is 23.2. The van der Waals surface area contributed by atoms with Gasteiger partial charge in [-0.2, -0.15) is 9.78 Å². The van der Waals surface area contributed by atoms with Gasteiger partial charge in [0.05, 0.1) is 18.1 Å². The number of carbonyl (C=O) groups excluding carboxylic acids is 2. The van der Waals surface area contributed by atoms with Gasteiger partial charge in [-0.05, 0) is 29.5 Å². The summed E-state index contributed by atoms with van der Waals surface area (Å²) in [6, 6.07) is 4.74. The zero-order valence-electron chi connectivity index (χ0n) is 16.5. The highest BCUT2D eigenvalue weighted by Crippen LogP contribution is 2.33. The summed E-state index contributed by atoms with van der Waals surface area (Å²) in [6.45, 7) is 5.29. The second-order valence-electron chi connectivity index (χ2n) is 7.95. The number of aromatic hydroxyl groups is 2. The maximum absolute atomic E-state index is 12.8. The molecule has 1 aromatic heterocycles. The van der Waals surface area contributed by atoms with Crippen molar-refractivity contribution >= 4 is 17.6 Å². The van der Waals surface area contributed by atoms with E-state index in [0.717, 1.165) is 18.7 Å². The minimum Gasteiger partial charge on any atom is -0.504 e. The molecule has 2 saturated heterocycles. The highest BCUT2D eigenvalue weighted by molar-refractivity contribution is 5.91. The molecule has 9 heteroatoms. The fourth-order valence-electron chi connectivity index (χ4n) is 4.22. The molecule has 2 fully saturated rings. The molecule has 2 amide bonds. The molecule has 0 aliphatic carbocycles. The average molecular weight is 399 g/mol. The number of benzene rings is 1. The number of hydrogen-bond donors (Lipinski definition) is 2. The monoisotopic (exact) mass is 399 g/mol. The van der Waals surface area contributed by atoms with Crippen molar-refractivity contribution in [2.24, 2.45) is 11.8 Å². The lowest BCUT2D eigenvalue weighted by Gasteiger charge is -2.21. The lowest BCUT2D eigenvalue weighted by atomic mass is 10.0. The van der Waals surface area contributed by atoms with E-state index < -0.39 is 0 Å². The Kier molecular flexibility index (Phi) is 4.91. The molecule has 4 rings (SSSR count). The van der Waals surface area contributed by atoms with Crippen LogP contribution in [-0.4, -0.2) is 75.0 Å². The molecule has 2 aliphatic heterocycles. The average Bonchev–Trinajstić information content (AvgIpc) is 3.38. The second kappa shape index (κ2) is 7.40. The Balaban J connectivity index is 1.34. The number of aromatic nitrogens is 2. The summed E-state index contributed by atoms with van der Waals surface area (Å²) in [7, 11) is 1.65. The van der Waals surface area contributed by atoms with Gasteiger partial charge in [0, 0.05) is 46.7 Å². The smallest absolute Gasteiger partial charge is 0.344 e. The topological polar surface area (TPSA) is 102 Å². The molecular formula is C20H25N5O4. The highest BCUT2D eigenvalue weighted by Gasteiger charge is 2.42. The Hall–Kier alpha value is -3.07. The lowest BCUT2D eigenvalue weighted by Crippen LogP contribution is -2.36. The summed E-state index contributed by atoms with van der Waals surface area (Å²) in [4.78, 5) is 29.8. The van der Waals surface area contributed by atoms with Crippen LogP contribution < -0.4 is 4.90 Å². The maximum atomic E-state index is 12.8. The molecule has 0 spiro atoms. The Labute approximate surface area is 168 Å². The molecule has 2 N–H and O–H groups in total. The van der Waals surface area contributed by atoms with Crippen LogP contribution in [0.4, 0.5) is 10.5 Å². The van der Waals surface area contributed by atoms with Crippen molar-refractivity contribution in [3.05, 3.63) is 36.2 Å². The number of rotatable bonds is 3. The van der Waals surface area contributed by atoms with Crippen LogP contribution in [0.15, 0.2) is 30.6 Å². The normalized spacial score (nSPS) is 21.4. The molecule has 2 aromatic rings. The number of likely N-dealkylation sites (tertiary alicyclic amines) is 2. The van der Waals surface area contributed by atoms with E-state index >= 15 is 0 Å². The first-order chi connectivity index (χ1) is 13.8. The number of amides is 2. The van der Waals surface area contributed by atoms with Crippen LogP contribution in [0.2, 0.25) is 0 Å². The van der Waals surface area contributed by atoms with E-state index in [1.165, 1.54) is 28.8 Å². The van der Waals surface area contributed by atoms with Crippen LogP contribution in [0, 0.1) is 11.8 Å². The number of fused-ring (bicyclic) bond motifs is 1.